The van der Waals surface area contributed by atoms with Crippen LogP contribution in [-0.2, 0) is 14.3 Å². The number of anilines is 1. The van der Waals surface area contributed by atoms with E-state index in [4.69, 9.17) is 9.47 Å². The Bertz CT molecular complexity index is 691. The van der Waals surface area contributed by atoms with Crippen molar-refractivity contribution in [3.8, 4) is 11.3 Å². The highest BCUT2D eigenvalue weighted by Gasteiger charge is 2.14. The first kappa shape index (κ1) is 17.5. The molecule has 1 amide bonds. The Kier molecular flexibility index (Phi) is 6.14. The highest BCUT2D eigenvalue weighted by Crippen LogP contribution is 2.31. The molecule has 5 nitrogen and oxygen atoms in total. The van der Waals surface area contributed by atoms with Crippen molar-refractivity contribution >= 4 is 22.4 Å². The molecule has 0 unspecified atom stereocenters. The number of aryl methyl sites for hydroxylation is 1. The first-order chi connectivity index (χ1) is 11.0. The van der Waals surface area contributed by atoms with Crippen LogP contribution < -0.4 is 5.32 Å². The molecule has 0 aliphatic carbocycles. The van der Waals surface area contributed by atoms with Crippen molar-refractivity contribution in [2.24, 2.45) is 0 Å². The number of hydrogen-bond donors (Lipinski definition) is 1. The number of amides is 1. The summed E-state index contributed by atoms with van der Waals surface area (Å²) in [6.07, 6.45) is 0. The average molecular weight is 342 g/mol. The smallest absolute Gasteiger partial charge is 0.252 e. The lowest BCUT2D eigenvalue weighted by Gasteiger charge is -2.03. The predicted octanol–water partition coefficient (Wildman–Crippen LogP) is 3.00. The number of benzene rings is 1. The maximum Gasteiger partial charge on any atom is 0.252 e. The van der Waals surface area contributed by atoms with Gasteiger partial charge in [-0.3, -0.25) is 10.1 Å². The minimum Gasteiger partial charge on any atom is -0.382 e. The van der Waals surface area contributed by atoms with Gasteiger partial charge in [0.25, 0.3) is 5.91 Å². The van der Waals surface area contributed by atoms with Crippen LogP contribution in [-0.4, -0.2) is 37.8 Å². The van der Waals surface area contributed by atoms with Gasteiger partial charge in [0.1, 0.15) is 6.61 Å². The van der Waals surface area contributed by atoms with Gasteiger partial charge in [-0.1, -0.05) is 0 Å². The molecule has 0 atom stereocenters. The third-order valence-electron chi connectivity index (χ3n) is 2.90. The summed E-state index contributed by atoms with van der Waals surface area (Å²) in [5.41, 5.74) is 0.957. The van der Waals surface area contributed by atoms with Gasteiger partial charge in [-0.2, -0.15) is 0 Å². The lowest BCUT2D eigenvalue weighted by atomic mass is 10.1. The Labute approximate surface area is 136 Å². The van der Waals surface area contributed by atoms with E-state index in [9.17, 15) is 13.6 Å². The molecule has 0 bridgehead atoms. The summed E-state index contributed by atoms with van der Waals surface area (Å²) in [6.45, 7) is 2.41. The summed E-state index contributed by atoms with van der Waals surface area (Å²) in [6, 6.07) is 3.57. The summed E-state index contributed by atoms with van der Waals surface area (Å²) in [5.74, 6) is -2.19. The van der Waals surface area contributed by atoms with Crippen LogP contribution in [0.2, 0.25) is 0 Å². The van der Waals surface area contributed by atoms with Crippen LogP contribution in [0.5, 0.6) is 0 Å². The number of carbonyl (C=O) groups is 1. The van der Waals surface area contributed by atoms with E-state index in [1.807, 2.05) is 0 Å². The lowest BCUT2D eigenvalue weighted by Crippen LogP contribution is -2.19. The average Bonchev–Trinajstić information content (AvgIpc) is 2.87. The van der Waals surface area contributed by atoms with E-state index in [1.165, 1.54) is 17.4 Å². The maximum absolute atomic E-state index is 13.3. The number of methoxy groups -OCH3 is 1. The van der Waals surface area contributed by atoms with Crippen molar-refractivity contribution in [2.75, 3.05) is 32.2 Å². The minimum atomic E-state index is -0.938. The van der Waals surface area contributed by atoms with Crippen LogP contribution >= 0.6 is 11.3 Å². The molecule has 2 aromatic rings. The normalized spacial score (nSPS) is 10.8. The molecule has 2 rings (SSSR count). The summed E-state index contributed by atoms with van der Waals surface area (Å²) < 4.78 is 36.2. The van der Waals surface area contributed by atoms with Gasteiger partial charge in [-0.05, 0) is 25.1 Å². The molecule has 1 aromatic carbocycles. The van der Waals surface area contributed by atoms with Crippen molar-refractivity contribution in [3.63, 3.8) is 0 Å². The summed E-state index contributed by atoms with van der Waals surface area (Å²) in [7, 11) is 1.54. The molecule has 1 heterocycles. The maximum atomic E-state index is 13.3. The van der Waals surface area contributed by atoms with Crippen LogP contribution in [0.3, 0.4) is 0 Å². The molecule has 0 radical (unpaired) electrons. The number of hydrogen-bond acceptors (Lipinski definition) is 5. The van der Waals surface area contributed by atoms with E-state index in [0.29, 0.717) is 29.6 Å². The Morgan fingerprint density at radius 2 is 2.09 bits per heavy atom. The molecule has 0 saturated heterocycles. The first-order valence-electron chi connectivity index (χ1n) is 6.80. The molecule has 0 aliphatic rings. The first-order valence-corrected chi connectivity index (χ1v) is 7.62. The topological polar surface area (TPSA) is 60.5 Å². The molecular weight excluding hydrogens is 326 g/mol. The van der Waals surface area contributed by atoms with Crippen molar-refractivity contribution in [1.29, 1.82) is 0 Å². The monoisotopic (exact) mass is 342 g/mol. The highest BCUT2D eigenvalue weighted by atomic mass is 32.1. The molecule has 0 saturated carbocycles. The Balaban J connectivity index is 2.03. The number of nitrogens with zero attached hydrogens (tertiary/aromatic N) is 1. The van der Waals surface area contributed by atoms with Crippen molar-refractivity contribution < 1.29 is 23.0 Å². The number of nitrogens with one attached hydrogen (secondary N) is 1. The summed E-state index contributed by atoms with van der Waals surface area (Å²) >= 11 is 1.25. The van der Waals surface area contributed by atoms with Crippen LogP contribution in [0, 0.1) is 18.6 Å². The van der Waals surface area contributed by atoms with Crippen molar-refractivity contribution in [3.05, 3.63) is 34.7 Å². The van der Waals surface area contributed by atoms with Gasteiger partial charge in [0.05, 0.1) is 18.9 Å². The fraction of sp³-hybridized carbons (Fsp3) is 0.333. The standard InChI is InChI=1S/C15H16F2N2O3S/c1-9-14(10-3-4-11(16)12(17)7-10)19-15(23-9)18-13(20)8-22-6-5-21-2/h3-4,7H,5-6,8H2,1-2H3,(H,18,19,20). The van der Waals surface area contributed by atoms with E-state index in [0.717, 1.165) is 17.0 Å². The Morgan fingerprint density at radius 3 is 2.78 bits per heavy atom. The SMILES string of the molecule is COCCOCC(=O)Nc1nc(-c2ccc(F)c(F)c2)c(C)s1. The fourth-order valence-corrected chi connectivity index (χ4v) is 2.68. The molecule has 8 heteroatoms. The van der Waals surface area contributed by atoms with E-state index in [1.54, 1.807) is 14.0 Å². The van der Waals surface area contributed by atoms with Gasteiger partial charge in [-0.25, -0.2) is 13.8 Å². The summed E-state index contributed by atoms with van der Waals surface area (Å²) in [5, 5.41) is 2.99. The molecule has 1 aromatic heterocycles. The molecule has 1 N–H and O–H groups in total. The van der Waals surface area contributed by atoms with E-state index in [2.05, 4.69) is 10.3 Å². The number of rotatable bonds is 7. The fourth-order valence-electron chi connectivity index (χ4n) is 1.82. The Hall–Kier alpha value is -1.90. The van der Waals surface area contributed by atoms with Gasteiger partial charge in [0.2, 0.25) is 0 Å². The van der Waals surface area contributed by atoms with Gasteiger partial charge >= 0.3 is 0 Å². The van der Waals surface area contributed by atoms with Crippen LogP contribution in [0.25, 0.3) is 11.3 Å². The van der Waals surface area contributed by atoms with Gasteiger partial charge in [0.15, 0.2) is 16.8 Å². The largest absolute Gasteiger partial charge is 0.382 e. The Morgan fingerprint density at radius 1 is 1.30 bits per heavy atom. The van der Waals surface area contributed by atoms with Gasteiger partial charge in [-0.15, -0.1) is 11.3 Å². The zero-order valence-electron chi connectivity index (χ0n) is 12.7. The lowest BCUT2D eigenvalue weighted by molar-refractivity contribution is -0.121. The zero-order valence-corrected chi connectivity index (χ0v) is 13.5. The zero-order chi connectivity index (χ0) is 16.8. The number of ether oxygens (including phenoxy) is 2. The molecular formula is C15H16F2N2O3S. The second-order valence-corrected chi connectivity index (χ2v) is 5.85. The third-order valence-corrected chi connectivity index (χ3v) is 3.79. The van der Waals surface area contributed by atoms with E-state index < -0.39 is 11.6 Å². The van der Waals surface area contributed by atoms with Gasteiger partial charge in [0, 0.05) is 17.6 Å². The molecule has 0 aliphatic heterocycles. The quantitative estimate of drug-likeness (QED) is 0.786. The minimum absolute atomic E-state index is 0.109. The van der Waals surface area contributed by atoms with Crippen molar-refractivity contribution in [2.45, 2.75) is 6.92 Å². The van der Waals surface area contributed by atoms with Gasteiger partial charge < -0.3 is 9.47 Å². The van der Waals surface area contributed by atoms with Crippen LogP contribution in [0.15, 0.2) is 18.2 Å². The second kappa shape index (κ2) is 8.09. The third kappa shape index (κ3) is 4.78. The molecule has 23 heavy (non-hydrogen) atoms. The second-order valence-electron chi connectivity index (χ2n) is 4.65. The highest BCUT2D eigenvalue weighted by molar-refractivity contribution is 7.16. The van der Waals surface area contributed by atoms with Crippen LogP contribution in [0.4, 0.5) is 13.9 Å². The summed E-state index contributed by atoms with van der Waals surface area (Å²) in [4.78, 5) is 16.7. The molecule has 124 valence electrons. The predicted molar refractivity (Wildman–Crippen MR) is 83.5 cm³/mol. The molecule has 0 fully saturated rings. The van der Waals surface area contributed by atoms with E-state index >= 15 is 0 Å². The van der Waals surface area contributed by atoms with Crippen LogP contribution in [0.1, 0.15) is 4.88 Å². The number of carbonyl (C=O) groups excluding carboxylic acids is 1. The number of aromatic nitrogens is 1. The van der Waals surface area contributed by atoms with E-state index in [-0.39, 0.29) is 12.5 Å². The molecule has 0 spiro atoms. The van der Waals surface area contributed by atoms with Crippen molar-refractivity contribution in [1.82, 2.24) is 4.98 Å². The number of halogens is 2. The number of thiazole rings is 1.